The molecule has 3 aromatic carbocycles. The molecule has 0 bridgehead atoms. The minimum absolute atomic E-state index is 0.0250. The van der Waals surface area contributed by atoms with E-state index in [0.29, 0.717) is 28.8 Å². The lowest BCUT2D eigenvalue weighted by atomic mass is 10.2. The highest BCUT2D eigenvalue weighted by molar-refractivity contribution is 8.00. The predicted molar refractivity (Wildman–Crippen MR) is 127 cm³/mol. The number of benzene rings is 3. The van der Waals surface area contributed by atoms with Crippen LogP contribution in [0.3, 0.4) is 0 Å². The molecule has 4 aromatic rings. The number of nitrogens with one attached hydrogen (secondary N) is 3. The van der Waals surface area contributed by atoms with Crippen molar-refractivity contribution in [1.82, 2.24) is 9.97 Å². The lowest BCUT2D eigenvalue weighted by Crippen LogP contribution is -2.30. The molecule has 8 heteroatoms. The number of aromatic nitrogens is 2. The molecule has 2 heterocycles. The highest BCUT2D eigenvalue weighted by Crippen LogP contribution is 2.30. The van der Waals surface area contributed by atoms with Gasteiger partial charge in [-0.3, -0.25) is 9.59 Å². The van der Waals surface area contributed by atoms with Crippen LogP contribution in [0.1, 0.15) is 15.9 Å². The summed E-state index contributed by atoms with van der Waals surface area (Å²) in [5.74, 6) is -0.00356. The molecule has 0 fully saturated rings. The SMILES string of the molecule is O=C(Nc1ccc2[nH]c(=O)[nH]c2c1)c1ccccc1SCC(=O)N1CCc2ccccc21. The Bertz CT molecular complexity index is 1390. The van der Waals surface area contributed by atoms with Crippen LogP contribution in [0.25, 0.3) is 11.0 Å². The van der Waals surface area contributed by atoms with Gasteiger partial charge in [-0.2, -0.15) is 0 Å². The Morgan fingerprint density at radius 1 is 0.969 bits per heavy atom. The van der Waals surface area contributed by atoms with Gasteiger partial charge in [-0.15, -0.1) is 11.8 Å². The number of para-hydroxylation sites is 1. The van der Waals surface area contributed by atoms with Crippen molar-refractivity contribution in [3.63, 3.8) is 0 Å². The molecule has 7 nitrogen and oxygen atoms in total. The molecule has 0 unspecified atom stereocenters. The number of fused-ring (bicyclic) bond motifs is 2. The number of amides is 2. The lowest BCUT2D eigenvalue weighted by Gasteiger charge is -2.17. The average molecular weight is 445 g/mol. The predicted octanol–water partition coefficient (Wildman–Crippen LogP) is 3.79. The van der Waals surface area contributed by atoms with Gasteiger partial charge in [0.1, 0.15) is 0 Å². The second-order valence-corrected chi connectivity index (χ2v) is 8.52. The van der Waals surface area contributed by atoms with E-state index in [1.54, 1.807) is 30.3 Å². The third-order valence-corrected chi connectivity index (χ3v) is 6.50. The number of H-pyrrole nitrogens is 2. The van der Waals surface area contributed by atoms with Gasteiger partial charge in [-0.1, -0.05) is 30.3 Å². The number of thioether (sulfide) groups is 1. The van der Waals surface area contributed by atoms with E-state index in [1.807, 2.05) is 35.2 Å². The highest BCUT2D eigenvalue weighted by atomic mass is 32.2. The first-order valence-electron chi connectivity index (χ1n) is 10.2. The Balaban J connectivity index is 1.29. The highest BCUT2D eigenvalue weighted by Gasteiger charge is 2.24. The van der Waals surface area contributed by atoms with Gasteiger partial charge < -0.3 is 20.2 Å². The molecule has 1 aliphatic heterocycles. The molecule has 0 radical (unpaired) electrons. The van der Waals surface area contributed by atoms with Crippen molar-refractivity contribution in [1.29, 1.82) is 0 Å². The fourth-order valence-corrected chi connectivity index (χ4v) is 4.83. The van der Waals surface area contributed by atoms with Crippen LogP contribution in [0.5, 0.6) is 0 Å². The third-order valence-electron chi connectivity index (χ3n) is 5.44. The van der Waals surface area contributed by atoms with E-state index in [-0.39, 0.29) is 23.3 Å². The lowest BCUT2D eigenvalue weighted by molar-refractivity contribution is -0.116. The minimum Gasteiger partial charge on any atom is -0.322 e. The monoisotopic (exact) mass is 444 g/mol. The third kappa shape index (κ3) is 3.92. The van der Waals surface area contributed by atoms with Crippen molar-refractivity contribution in [2.24, 2.45) is 0 Å². The van der Waals surface area contributed by atoms with Crippen LogP contribution in [0, 0.1) is 0 Å². The van der Waals surface area contributed by atoms with Crippen molar-refractivity contribution >= 4 is 46.0 Å². The Labute approximate surface area is 187 Å². The van der Waals surface area contributed by atoms with Crippen LogP contribution < -0.4 is 15.9 Å². The molecule has 1 aromatic heterocycles. The Kier molecular flexibility index (Phi) is 5.28. The first-order chi connectivity index (χ1) is 15.6. The number of carbonyl (C=O) groups excluding carboxylic acids is 2. The van der Waals surface area contributed by atoms with Crippen molar-refractivity contribution in [2.75, 3.05) is 22.5 Å². The summed E-state index contributed by atoms with van der Waals surface area (Å²) in [5, 5.41) is 2.87. The molecule has 1 aliphatic rings. The smallest absolute Gasteiger partial charge is 0.322 e. The van der Waals surface area contributed by atoms with E-state index in [1.165, 1.54) is 17.3 Å². The van der Waals surface area contributed by atoms with Gasteiger partial charge in [0.2, 0.25) is 5.91 Å². The quantitative estimate of drug-likeness (QED) is 0.408. The topological polar surface area (TPSA) is 98.1 Å². The maximum atomic E-state index is 12.9. The number of anilines is 2. The Morgan fingerprint density at radius 3 is 2.66 bits per heavy atom. The number of imidazole rings is 1. The first-order valence-corrected chi connectivity index (χ1v) is 11.2. The molecule has 2 amide bonds. The van der Waals surface area contributed by atoms with Gasteiger partial charge >= 0.3 is 5.69 Å². The molecule has 0 atom stereocenters. The summed E-state index contributed by atoms with van der Waals surface area (Å²) in [4.78, 5) is 45.2. The van der Waals surface area contributed by atoms with Gasteiger partial charge in [0.05, 0.1) is 22.3 Å². The number of hydrogen-bond donors (Lipinski definition) is 3. The van der Waals surface area contributed by atoms with Crippen LogP contribution >= 0.6 is 11.8 Å². The van der Waals surface area contributed by atoms with Crippen molar-refractivity contribution in [3.05, 3.63) is 88.3 Å². The van der Waals surface area contributed by atoms with Crippen molar-refractivity contribution in [3.8, 4) is 0 Å². The maximum absolute atomic E-state index is 12.9. The number of carbonyl (C=O) groups is 2. The summed E-state index contributed by atoms with van der Waals surface area (Å²) in [7, 11) is 0. The fraction of sp³-hybridized carbons (Fsp3) is 0.125. The molecule has 0 spiro atoms. The molecule has 0 saturated carbocycles. The molecule has 160 valence electrons. The summed E-state index contributed by atoms with van der Waals surface area (Å²) in [6.07, 6.45) is 0.863. The average Bonchev–Trinajstić information content (AvgIpc) is 3.40. The Hall–Kier alpha value is -3.78. The van der Waals surface area contributed by atoms with Gasteiger partial charge in [0.25, 0.3) is 5.91 Å². The minimum atomic E-state index is -0.296. The molecule has 0 aliphatic carbocycles. The molecule has 32 heavy (non-hydrogen) atoms. The van der Waals surface area contributed by atoms with Crippen molar-refractivity contribution < 1.29 is 9.59 Å². The summed E-state index contributed by atoms with van der Waals surface area (Å²) >= 11 is 1.36. The van der Waals surface area contributed by atoms with Gasteiger partial charge in [-0.05, 0) is 48.4 Å². The van der Waals surface area contributed by atoms with E-state index in [4.69, 9.17) is 0 Å². The molecule has 0 saturated heterocycles. The first kappa shape index (κ1) is 20.1. The van der Waals surface area contributed by atoms with E-state index in [9.17, 15) is 14.4 Å². The number of hydrogen-bond acceptors (Lipinski definition) is 4. The zero-order valence-corrected chi connectivity index (χ0v) is 17.9. The summed E-state index contributed by atoms with van der Waals surface area (Å²) in [6, 6.07) is 20.4. The number of nitrogens with zero attached hydrogens (tertiary/aromatic N) is 1. The Morgan fingerprint density at radius 2 is 1.75 bits per heavy atom. The standard InChI is InChI=1S/C24H20N4O3S/c29-22(28-12-11-15-5-1-3-7-20(15)28)14-32-21-8-4-2-6-17(21)23(30)25-16-9-10-18-19(13-16)27-24(31)26-18/h1-10,13H,11-12,14H2,(H,25,30)(H2,26,27,31). The summed E-state index contributed by atoms with van der Waals surface area (Å²) in [5.41, 5.74) is 4.22. The van der Waals surface area contributed by atoms with E-state index in [0.717, 1.165) is 17.0 Å². The van der Waals surface area contributed by atoms with Gasteiger partial charge in [0, 0.05) is 22.8 Å². The fourth-order valence-electron chi connectivity index (χ4n) is 3.90. The van der Waals surface area contributed by atoms with Gasteiger partial charge in [-0.25, -0.2) is 4.79 Å². The zero-order chi connectivity index (χ0) is 22.1. The summed E-state index contributed by atoms with van der Waals surface area (Å²) < 4.78 is 0. The maximum Gasteiger partial charge on any atom is 0.323 e. The largest absolute Gasteiger partial charge is 0.323 e. The summed E-state index contributed by atoms with van der Waals surface area (Å²) in [6.45, 7) is 0.685. The van der Waals surface area contributed by atoms with Gasteiger partial charge in [0.15, 0.2) is 0 Å². The molecular weight excluding hydrogens is 424 g/mol. The number of aromatic amines is 2. The number of rotatable bonds is 5. The van der Waals surface area contributed by atoms with Crippen LogP contribution in [-0.4, -0.2) is 34.1 Å². The van der Waals surface area contributed by atoms with E-state index >= 15 is 0 Å². The normalized spacial score (nSPS) is 12.7. The second-order valence-electron chi connectivity index (χ2n) is 7.50. The van der Waals surface area contributed by atoms with Crippen molar-refractivity contribution in [2.45, 2.75) is 11.3 Å². The van der Waals surface area contributed by atoms with E-state index < -0.39 is 0 Å². The molecule has 3 N–H and O–H groups in total. The van der Waals surface area contributed by atoms with Crippen LogP contribution in [0.15, 0.2) is 76.4 Å². The van der Waals surface area contributed by atoms with Crippen LogP contribution in [0.4, 0.5) is 11.4 Å². The molecule has 5 rings (SSSR count). The van der Waals surface area contributed by atoms with Crippen LogP contribution in [0.2, 0.25) is 0 Å². The van der Waals surface area contributed by atoms with E-state index in [2.05, 4.69) is 21.4 Å². The zero-order valence-electron chi connectivity index (χ0n) is 17.1. The van der Waals surface area contributed by atoms with Crippen LogP contribution in [-0.2, 0) is 11.2 Å². The molecular formula is C24H20N4O3S. The second kappa shape index (κ2) is 8.39.